The molecule has 0 fully saturated rings. The minimum Gasteiger partial charge on any atom is -0.450 e. The van der Waals surface area contributed by atoms with Gasteiger partial charge in [0.2, 0.25) is 5.76 Å². The van der Waals surface area contributed by atoms with Crippen molar-refractivity contribution in [2.24, 2.45) is 0 Å². The molecule has 1 heterocycles. The fraction of sp³-hybridized carbons (Fsp3) is 0.421. The lowest BCUT2D eigenvalue weighted by Gasteiger charge is -2.20. The van der Waals surface area contributed by atoms with E-state index in [9.17, 15) is 9.59 Å². The molecule has 0 aliphatic heterocycles. The summed E-state index contributed by atoms with van der Waals surface area (Å²) in [6.45, 7) is 3.27. The molecule has 1 aliphatic carbocycles. The Hall–Kier alpha value is -2.63. The summed E-state index contributed by atoms with van der Waals surface area (Å²) >= 11 is 0. The number of fused-ring (bicyclic) bond motifs is 1. The van der Waals surface area contributed by atoms with Gasteiger partial charge in [0, 0.05) is 6.07 Å². The van der Waals surface area contributed by atoms with E-state index in [1.807, 2.05) is 6.92 Å². The second-order valence-corrected chi connectivity index (χ2v) is 6.43. The third-order valence-electron chi connectivity index (χ3n) is 4.41. The summed E-state index contributed by atoms with van der Waals surface area (Å²) in [5.74, 6) is -1.06. The Balaban J connectivity index is 1.53. The van der Waals surface area contributed by atoms with E-state index in [-0.39, 0.29) is 24.3 Å². The van der Waals surface area contributed by atoms with E-state index in [0.717, 1.165) is 18.4 Å². The predicted molar refractivity (Wildman–Crippen MR) is 91.2 cm³/mol. The van der Waals surface area contributed by atoms with E-state index in [4.69, 9.17) is 9.26 Å². The van der Waals surface area contributed by atoms with Crippen molar-refractivity contribution in [3.05, 3.63) is 52.4 Å². The summed E-state index contributed by atoms with van der Waals surface area (Å²) in [7, 11) is 0. The fourth-order valence-electron chi connectivity index (χ4n) is 3.05. The zero-order valence-corrected chi connectivity index (χ0v) is 14.5. The number of hydrogen-bond donors (Lipinski definition) is 1. The fourth-order valence-corrected chi connectivity index (χ4v) is 3.05. The highest BCUT2D eigenvalue weighted by Gasteiger charge is 2.17. The number of aromatic nitrogens is 1. The average molecular weight is 342 g/mol. The molecule has 1 atom stereocenters. The van der Waals surface area contributed by atoms with E-state index < -0.39 is 5.97 Å². The van der Waals surface area contributed by atoms with Crippen LogP contribution in [0.5, 0.6) is 0 Å². The SMILES string of the molecule is Cc1cc(C(=O)OCC(=O)N[C@H](C)c2ccc3c(c2)CCCC3)on1. The van der Waals surface area contributed by atoms with Crippen LogP contribution in [0.2, 0.25) is 0 Å². The van der Waals surface area contributed by atoms with E-state index >= 15 is 0 Å². The number of nitrogens with zero attached hydrogens (tertiary/aromatic N) is 1. The number of hydrogen-bond acceptors (Lipinski definition) is 5. The molecule has 1 aromatic carbocycles. The van der Waals surface area contributed by atoms with Crippen LogP contribution in [0.4, 0.5) is 0 Å². The first kappa shape index (κ1) is 17.2. The van der Waals surface area contributed by atoms with Crippen LogP contribution in [0.15, 0.2) is 28.8 Å². The monoisotopic (exact) mass is 342 g/mol. The second kappa shape index (κ2) is 7.51. The lowest BCUT2D eigenvalue weighted by molar-refractivity contribution is -0.124. The molecular formula is C19H22N2O4. The third-order valence-corrected chi connectivity index (χ3v) is 4.41. The van der Waals surface area contributed by atoms with Gasteiger partial charge in [0.1, 0.15) is 0 Å². The maximum Gasteiger partial charge on any atom is 0.377 e. The highest BCUT2D eigenvalue weighted by atomic mass is 16.6. The number of benzene rings is 1. The molecule has 1 amide bonds. The highest BCUT2D eigenvalue weighted by molar-refractivity contribution is 5.88. The van der Waals surface area contributed by atoms with Crippen molar-refractivity contribution in [3.63, 3.8) is 0 Å². The smallest absolute Gasteiger partial charge is 0.377 e. The van der Waals surface area contributed by atoms with Gasteiger partial charge in [0.15, 0.2) is 6.61 Å². The summed E-state index contributed by atoms with van der Waals surface area (Å²) in [5.41, 5.74) is 4.42. The first-order chi connectivity index (χ1) is 12.0. The number of carbonyl (C=O) groups excluding carboxylic acids is 2. The van der Waals surface area contributed by atoms with Gasteiger partial charge in [-0.05, 0) is 56.2 Å². The number of amides is 1. The molecule has 0 bridgehead atoms. The van der Waals surface area contributed by atoms with E-state index in [0.29, 0.717) is 5.69 Å². The molecule has 0 radical (unpaired) electrons. The van der Waals surface area contributed by atoms with E-state index in [1.54, 1.807) is 6.92 Å². The maximum absolute atomic E-state index is 12.0. The number of ether oxygens (including phenoxy) is 1. The Morgan fingerprint density at radius 3 is 2.72 bits per heavy atom. The Kier molecular flexibility index (Phi) is 5.16. The molecule has 1 N–H and O–H groups in total. The number of rotatable bonds is 5. The number of aryl methyl sites for hydroxylation is 3. The predicted octanol–water partition coefficient (Wildman–Crippen LogP) is 2.90. The first-order valence-electron chi connectivity index (χ1n) is 8.54. The van der Waals surface area contributed by atoms with Crippen LogP contribution in [0.25, 0.3) is 0 Å². The first-order valence-corrected chi connectivity index (χ1v) is 8.54. The summed E-state index contributed by atoms with van der Waals surface area (Å²) in [6, 6.07) is 7.70. The van der Waals surface area contributed by atoms with E-state index in [2.05, 4.69) is 28.7 Å². The average Bonchev–Trinajstić information content (AvgIpc) is 3.05. The van der Waals surface area contributed by atoms with Crippen molar-refractivity contribution in [1.29, 1.82) is 0 Å². The van der Waals surface area contributed by atoms with Gasteiger partial charge in [0.05, 0.1) is 11.7 Å². The Labute approximate surface area is 146 Å². The van der Waals surface area contributed by atoms with Crippen LogP contribution in [0, 0.1) is 6.92 Å². The quantitative estimate of drug-likeness (QED) is 0.845. The van der Waals surface area contributed by atoms with Gasteiger partial charge in [-0.25, -0.2) is 4.79 Å². The van der Waals surface area contributed by atoms with Gasteiger partial charge in [-0.2, -0.15) is 0 Å². The standard InChI is InChI=1S/C19H22N2O4/c1-12-9-17(25-21-12)19(23)24-11-18(22)20-13(2)15-8-7-14-5-3-4-6-16(14)10-15/h7-10,13H,3-6,11H2,1-2H3,(H,20,22)/t13-/m1/s1. The molecule has 3 rings (SSSR count). The van der Waals surface area contributed by atoms with Crippen LogP contribution in [-0.2, 0) is 22.4 Å². The van der Waals surface area contributed by atoms with Gasteiger partial charge < -0.3 is 14.6 Å². The zero-order chi connectivity index (χ0) is 17.8. The topological polar surface area (TPSA) is 81.4 Å². The van der Waals surface area contributed by atoms with Crippen molar-refractivity contribution < 1.29 is 18.8 Å². The molecule has 1 aromatic heterocycles. The summed E-state index contributed by atoms with van der Waals surface area (Å²) in [6.07, 6.45) is 4.69. The molecular weight excluding hydrogens is 320 g/mol. The minimum atomic E-state index is -0.697. The van der Waals surface area contributed by atoms with Gasteiger partial charge in [0.25, 0.3) is 5.91 Å². The lowest BCUT2D eigenvalue weighted by atomic mass is 9.89. The Morgan fingerprint density at radius 1 is 1.24 bits per heavy atom. The number of esters is 1. The van der Waals surface area contributed by atoms with Gasteiger partial charge in [-0.15, -0.1) is 0 Å². The van der Waals surface area contributed by atoms with Crippen molar-refractivity contribution in [2.45, 2.75) is 45.6 Å². The van der Waals surface area contributed by atoms with Crippen LogP contribution >= 0.6 is 0 Å². The molecule has 0 unspecified atom stereocenters. The highest BCUT2D eigenvalue weighted by Crippen LogP contribution is 2.24. The minimum absolute atomic E-state index is 0.00645. The van der Waals surface area contributed by atoms with E-state index in [1.165, 1.54) is 30.0 Å². The molecule has 6 nitrogen and oxygen atoms in total. The Bertz CT molecular complexity index is 781. The molecule has 1 aliphatic rings. The molecule has 132 valence electrons. The Morgan fingerprint density at radius 2 is 2.00 bits per heavy atom. The maximum atomic E-state index is 12.0. The summed E-state index contributed by atoms with van der Waals surface area (Å²) < 4.78 is 9.75. The lowest BCUT2D eigenvalue weighted by Crippen LogP contribution is -2.31. The zero-order valence-electron chi connectivity index (χ0n) is 14.5. The van der Waals surface area contributed by atoms with Gasteiger partial charge >= 0.3 is 5.97 Å². The van der Waals surface area contributed by atoms with Crippen LogP contribution < -0.4 is 5.32 Å². The van der Waals surface area contributed by atoms with Crippen molar-refractivity contribution >= 4 is 11.9 Å². The molecule has 2 aromatic rings. The van der Waals surface area contributed by atoms with Crippen LogP contribution in [0.1, 0.15) is 58.7 Å². The summed E-state index contributed by atoms with van der Waals surface area (Å²) in [4.78, 5) is 23.8. The van der Waals surface area contributed by atoms with Crippen molar-refractivity contribution in [2.75, 3.05) is 6.61 Å². The third kappa shape index (κ3) is 4.26. The largest absolute Gasteiger partial charge is 0.450 e. The van der Waals surface area contributed by atoms with Gasteiger partial charge in [-0.3, -0.25) is 4.79 Å². The summed E-state index contributed by atoms with van der Waals surface area (Å²) in [5, 5.41) is 6.46. The molecule has 25 heavy (non-hydrogen) atoms. The number of nitrogens with one attached hydrogen (secondary N) is 1. The second-order valence-electron chi connectivity index (χ2n) is 6.43. The molecule has 0 spiro atoms. The van der Waals surface area contributed by atoms with Crippen LogP contribution in [0.3, 0.4) is 0 Å². The van der Waals surface area contributed by atoms with Crippen molar-refractivity contribution in [1.82, 2.24) is 10.5 Å². The van der Waals surface area contributed by atoms with Crippen LogP contribution in [-0.4, -0.2) is 23.6 Å². The molecule has 0 saturated carbocycles. The van der Waals surface area contributed by atoms with Crippen molar-refractivity contribution in [3.8, 4) is 0 Å². The molecule has 0 saturated heterocycles. The van der Waals surface area contributed by atoms with Gasteiger partial charge in [-0.1, -0.05) is 23.4 Å². The molecule has 6 heteroatoms. The number of carbonyl (C=O) groups is 2. The normalized spacial score (nSPS) is 14.5.